The Morgan fingerprint density at radius 1 is 1.35 bits per heavy atom. The second-order valence-electron chi connectivity index (χ2n) is 6.42. The van der Waals surface area contributed by atoms with E-state index >= 15 is 0 Å². The summed E-state index contributed by atoms with van der Waals surface area (Å²) in [4.78, 5) is 14.4. The second kappa shape index (κ2) is 7.09. The smallest absolute Gasteiger partial charge is 0.318 e. The van der Waals surface area contributed by atoms with Gasteiger partial charge >= 0.3 is 6.03 Å². The summed E-state index contributed by atoms with van der Waals surface area (Å²) < 4.78 is 13.4. The highest BCUT2D eigenvalue weighted by Gasteiger charge is 2.42. The summed E-state index contributed by atoms with van der Waals surface area (Å²) >= 11 is 1.63. The van der Waals surface area contributed by atoms with Crippen molar-refractivity contribution in [2.45, 2.75) is 56.2 Å². The van der Waals surface area contributed by atoms with Crippen LogP contribution in [0.1, 0.15) is 36.8 Å². The number of aliphatic hydroxyl groups excluding tert-OH is 1. The van der Waals surface area contributed by atoms with E-state index in [-0.39, 0.29) is 30.0 Å². The molecule has 2 atom stereocenters. The molecule has 2 fully saturated rings. The van der Waals surface area contributed by atoms with Crippen molar-refractivity contribution < 1.29 is 14.3 Å². The molecule has 0 spiro atoms. The number of aliphatic hydroxyl groups is 1. The van der Waals surface area contributed by atoms with Crippen LogP contribution >= 0.6 is 11.8 Å². The van der Waals surface area contributed by atoms with Crippen LogP contribution in [0.15, 0.2) is 18.2 Å². The van der Waals surface area contributed by atoms with Crippen molar-refractivity contribution in [2.24, 2.45) is 0 Å². The lowest BCUT2D eigenvalue weighted by Gasteiger charge is -2.37. The molecule has 126 valence electrons. The van der Waals surface area contributed by atoms with Gasteiger partial charge in [0.1, 0.15) is 5.82 Å². The topological polar surface area (TPSA) is 52.6 Å². The average molecular weight is 338 g/mol. The number of rotatable bonds is 4. The molecule has 1 aromatic rings. The number of carbonyl (C=O) groups excluding carboxylic acids is 1. The van der Waals surface area contributed by atoms with Gasteiger partial charge in [0.2, 0.25) is 0 Å². The molecule has 4 nitrogen and oxygen atoms in total. The summed E-state index contributed by atoms with van der Waals surface area (Å²) in [6.45, 7) is 0.410. The normalized spacial score (nSPS) is 26.4. The predicted molar refractivity (Wildman–Crippen MR) is 89.7 cm³/mol. The molecule has 0 saturated carbocycles. The zero-order chi connectivity index (χ0) is 16.4. The Balaban J connectivity index is 1.64. The molecule has 2 heterocycles. The number of urea groups is 1. The summed E-state index contributed by atoms with van der Waals surface area (Å²) in [6, 6.07) is 4.97. The van der Waals surface area contributed by atoms with Gasteiger partial charge in [-0.3, -0.25) is 0 Å². The Hall–Kier alpha value is -1.27. The van der Waals surface area contributed by atoms with Gasteiger partial charge in [0.15, 0.2) is 0 Å². The van der Waals surface area contributed by atoms with Crippen LogP contribution in [0.25, 0.3) is 0 Å². The zero-order valence-electron chi connectivity index (χ0n) is 13.3. The van der Waals surface area contributed by atoms with Gasteiger partial charge in [0, 0.05) is 24.4 Å². The summed E-state index contributed by atoms with van der Waals surface area (Å²) in [5, 5.41) is 12.8. The van der Waals surface area contributed by atoms with Crippen molar-refractivity contribution in [2.75, 3.05) is 6.26 Å². The number of thioether (sulfide) groups is 1. The zero-order valence-corrected chi connectivity index (χ0v) is 14.1. The van der Waals surface area contributed by atoms with E-state index in [1.165, 1.54) is 6.07 Å². The lowest BCUT2D eigenvalue weighted by atomic mass is 10.0. The first-order valence-electron chi connectivity index (χ1n) is 8.09. The predicted octanol–water partition coefficient (Wildman–Crippen LogP) is 2.89. The molecule has 3 rings (SSSR count). The van der Waals surface area contributed by atoms with Gasteiger partial charge in [-0.25, -0.2) is 9.18 Å². The van der Waals surface area contributed by atoms with Crippen LogP contribution in [-0.2, 0) is 12.3 Å². The third-order valence-corrected chi connectivity index (χ3v) is 5.44. The number of benzene rings is 1. The maximum absolute atomic E-state index is 13.4. The molecule has 1 aromatic carbocycles. The fourth-order valence-corrected chi connectivity index (χ4v) is 4.38. The maximum atomic E-state index is 13.4. The highest BCUT2D eigenvalue weighted by Crippen LogP contribution is 2.35. The number of halogens is 1. The number of carbonyl (C=O) groups is 1. The van der Waals surface area contributed by atoms with E-state index in [1.807, 2.05) is 11.2 Å². The maximum Gasteiger partial charge on any atom is 0.318 e. The minimum atomic E-state index is -0.276. The lowest BCUT2D eigenvalue weighted by Crippen LogP contribution is -2.51. The average Bonchev–Trinajstić information content (AvgIpc) is 2.78. The number of amides is 2. The monoisotopic (exact) mass is 338 g/mol. The molecule has 2 amide bonds. The summed E-state index contributed by atoms with van der Waals surface area (Å²) in [5.41, 5.74) is 1.88. The molecule has 23 heavy (non-hydrogen) atoms. The third-order valence-electron chi connectivity index (χ3n) is 4.84. The van der Waals surface area contributed by atoms with Gasteiger partial charge in [-0.1, -0.05) is 6.07 Å². The molecule has 2 N–H and O–H groups in total. The number of hydrogen-bond donors (Lipinski definition) is 2. The molecular weight excluding hydrogens is 315 g/mol. The van der Waals surface area contributed by atoms with Crippen LogP contribution in [0.2, 0.25) is 0 Å². The van der Waals surface area contributed by atoms with Gasteiger partial charge in [0.05, 0.1) is 6.10 Å². The Morgan fingerprint density at radius 3 is 2.70 bits per heavy atom. The minimum Gasteiger partial charge on any atom is -0.393 e. The van der Waals surface area contributed by atoms with E-state index in [0.29, 0.717) is 19.4 Å². The second-order valence-corrected chi connectivity index (χ2v) is 7.29. The first kappa shape index (κ1) is 16.6. The van der Waals surface area contributed by atoms with E-state index in [2.05, 4.69) is 5.32 Å². The quantitative estimate of drug-likeness (QED) is 0.887. The lowest BCUT2D eigenvalue weighted by molar-refractivity contribution is 0.0541. The number of fused-ring (bicyclic) bond motifs is 2. The van der Waals surface area contributed by atoms with E-state index in [0.717, 1.165) is 29.7 Å². The van der Waals surface area contributed by atoms with Crippen LogP contribution in [-0.4, -0.2) is 40.5 Å². The SMILES string of the molecule is CSCc1cc(F)ccc1CNC(=O)N1[C@H]2CC[C@H]1CC(O)C2. The highest BCUT2D eigenvalue weighted by molar-refractivity contribution is 7.97. The third kappa shape index (κ3) is 3.63. The largest absolute Gasteiger partial charge is 0.393 e. The van der Waals surface area contributed by atoms with E-state index < -0.39 is 0 Å². The van der Waals surface area contributed by atoms with Crippen LogP contribution in [0.3, 0.4) is 0 Å². The summed E-state index contributed by atoms with van der Waals surface area (Å²) in [7, 11) is 0. The van der Waals surface area contributed by atoms with E-state index in [1.54, 1.807) is 23.9 Å². The first-order valence-corrected chi connectivity index (χ1v) is 9.48. The Bertz CT molecular complexity index is 570. The molecule has 2 aliphatic heterocycles. The Labute approximate surface area is 140 Å². The molecule has 2 bridgehead atoms. The highest BCUT2D eigenvalue weighted by atomic mass is 32.2. The fourth-order valence-electron chi connectivity index (χ4n) is 3.80. The van der Waals surface area contributed by atoms with Crippen molar-refractivity contribution in [3.63, 3.8) is 0 Å². The fraction of sp³-hybridized carbons (Fsp3) is 0.588. The minimum absolute atomic E-state index is 0.0659. The summed E-state index contributed by atoms with van der Waals surface area (Å²) in [6.07, 6.45) is 5.01. The van der Waals surface area contributed by atoms with Crippen molar-refractivity contribution in [3.8, 4) is 0 Å². The number of hydrogen-bond acceptors (Lipinski definition) is 3. The summed E-state index contributed by atoms with van der Waals surface area (Å²) in [5.74, 6) is 0.483. The molecule has 0 radical (unpaired) electrons. The molecule has 0 aromatic heterocycles. The van der Waals surface area contributed by atoms with Crippen LogP contribution in [0.5, 0.6) is 0 Å². The van der Waals surface area contributed by atoms with Crippen molar-refractivity contribution in [3.05, 3.63) is 35.1 Å². The van der Waals surface area contributed by atoms with Crippen LogP contribution in [0.4, 0.5) is 9.18 Å². The van der Waals surface area contributed by atoms with E-state index in [9.17, 15) is 14.3 Å². The standard InChI is InChI=1S/C17H23FN2O2S/c1-23-10-12-6-13(18)3-2-11(12)9-19-17(22)20-14-4-5-15(20)8-16(21)7-14/h2-3,6,14-16,21H,4-5,7-10H2,1H3,(H,19,22)/t14-,15-/m0/s1. The van der Waals surface area contributed by atoms with E-state index in [4.69, 9.17) is 0 Å². The molecule has 2 aliphatic rings. The molecular formula is C17H23FN2O2S. The number of piperidine rings is 1. The van der Waals surface area contributed by atoms with Crippen molar-refractivity contribution in [1.29, 1.82) is 0 Å². The molecule has 6 heteroatoms. The van der Waals surface area contributed by atoms with Gasteiger partial charge in [0.25, 0.3) is 0 Å². The van der Waals surface area contributed by atoms with Crippen LogP contribution in [0, 0.1) is 5.82 Å². The van der Waals surface area contributed by atoms with Crippen molar-refractivity contribution >= 4 is 17.8 Å². The molecule has 2 saturated heterocycles. The van der Waals surface area contributed by atoms with Gasteiger partial charge in [-0.05, 0) is 55.2 Å². The van der Waals surface area contributed by atoms with Crippen LogP contribution < -0.4 is 5.32 Å². The Kier molecular flexibility index (Phi) is 5.11. The van der Waals surface area contributed by atoms with Gasteiger partial charge in [-0.2, -0.15) is 11.8 Å². The molecule has 0 unspecified atom stereocenters. The van der Waals surface area contributed by atoms with Crippen molar-refractivity contribution in [1.82, 2.24) is 10.2 Å². The Morgan fingerprint density at radius 2 is 2.04 bits per heavy atom. The van der Waals surface area contributed by atoms with Gasteiger partial charge < -0.3 is 15.3 Å². The number of nitrogens with zero attached hydrogens (tertiary/aromatic N) is 1. The molecule has 0 aliphatic carbocycles. The number of nitrogens with one attached hydrogen (secondary N) is 1. The van der Waals surface area contributed by atoms with Gasteiger partial charge in [-0.15, -0.1) is 0 Å². The first-order chi connectivity index (χ1) is 11.1.